The molecule has 0 spiro atoms. The van der Waals surface area contributed by atoms with E-state index in [9.17, 15) is 5.26 Å². The van der Waals surface area contributed by atoms with Gasteiger partial charge in [0, 0.05) is 19.1 Å². The summed E-state index contributed by atoms with van der Waals surface area (Å²) < 4.78 is 0. The summed E-state index contributed by atoms with van der Waals surface area (Å²) >= 11 is 0. The second-order valence-corrected chi connectivity index (χ2v) is 6.24. The van der Waals surface area contributed by atoms with Gasteiger partial charge in [-0.25, -0.2) is 0 Å². The smallest absolute Gasteiger partial charge is 0.105 e. The average Bonchev–Trinajstić information content (AvgIpc) is 3.09. The van der Waals surface area contributed by atoms with Crippen LogP contribution in [0.3, 0.4) is 0 Å². The zero-order valence-corrected chi connectivity index (χ0v) is 12.5. The van der Waals surface area contributed by atoms with Crippen LogP contribution < -0.4 is 5.32 Å². The number of nitrogens with one attached hydrogen (secondary N) is 1. The van der Waals surface area contributed by atoms with Crippen molar-refractivity contribution in [3.8, 4) is 6.07 Å². The van der Waals surface area contributed by atoms with Crippen LogP contribution >= 0.6 is 0 Å². The summed E-state index contributed by atoms with van der Waals surface area (Å²) in [4.78, 5) is 2.54. The van der Waals surface area contributed by atoms with Crippen LogP contribution in [0.1, 0.15) is 53.4 Å². The van der Waals surface area contributed by atoms with E-state index in [0.717, 1.165) is 18.9 Å². The van der Waals surface area contributed by atoms with E-state index in [4.69, 9.17) is 0 Å². The predicted octanol–water partition coefficient (Wildman–Crippen LogP) is 2.78. The number of hydrogen-bond donors (Lipinski definition) is 1. The van der Waals surface area contributed by atoms with Crippen LogP contribution in [0.15, 0.2) is 0 Å². The summed E-state index contributed by atoms with van der Waals surface area (Å²) in [5, 5.41) is 12.7. The fourth-order valence-corrected chi connectivity index (χ4v) is 2.46. The molecule has 0 amide bonds. The summed E-state index contributed by atoms with van der Waals surface area (Å²) in [7, 11) is 0. The maximum atomic E-state index is 9.34. The molecule has 1 atom stereocenters. The van der Waals surface area contributed by atoms with Crippen LogP contribution in [0.5, 0.6) is 0 Å². The van der Waals surface area contributed by atoms with Gasteiger partial charge in [-0.15, -0.1) is 0 Å². The molecule has 0 radical (unpaired) electrons. The number of nitriles is 1. The highest BCUT2D eigenvalue weighted by molar-refractivity contribution is 5.04. The van der Waals surface area contributed by atoms with Gasteiger partial charge in [-0.2, -0.15) is 5.26 Å². The van der Waals surface area contributed by atoms with E-state index in [1.165, 1.54) is 32.4 Å². The van der Waals surface area contributed by atoms with E-state index in [2.05, 4.69) is 37.1 Å². The molecule has 1 fully saturated rings. The summed E-state index contributed by atoms with van der Waals surface area (Å²) in [6.45, 7) is 11.9. The number of rotatable bonds is 9. The van der Waals surface area contributed by atoms with Gasteiger partial charge in [-0.1, -0.05) is 6.92 Å². The zero-order chi connectivity index (χ0) is 13.6. The molecule has 0 heterocycles. The molecule has 1 aliphatic carbocycles. The van der Waals surface area contributed by atoms with Crippen LogP contribution in [-0.2, 0) is 0 Å². The van der Waals surface area contributed by atoms with Crippen LogP contribution in [-0.4, -0.2) is 36.1 Å². The van der Waals surface area contributed by atoms with Crippen molar-refractivity contribution in [2.45, 2.75) is 65.0 Å². The first-order valence-corrected chi connectivity index (χ1v) is 7.40. The lowest BCUT2D eigenvalue weighted by atomic mass is 9.98. The molecule has 1 rings (SSSR count). The summed E-state index contributed by atoms with van der Waals surface area (Å²) in [5.74, 6) is 0.933. The quantitative estimate of drug-likeness (QED) is 0.685. The Kier molecular flexibility index (Phi) is 6.11. The lowest BCUT2D eigenvalue weighted by Crippen LogP contribution is -2.47. The molecule has 0 aromatic rings. The standard InChI is InChI=1S/C15H29N3/c1-5-9-18(11-14-6-7-14)10-8-15(4,12-16)17-13(2)3/h13-14,17H,5-11H2,1-4H3. The topological polar surface area (TPSA) is 39.1 Å². The van der Waals surface area contributed by atoms with Gasteiger partial charge in [-0.3, -0.25) is 5.32 Å². The van der Waals surface area contributed by atoms with Crippen LogP contribution in [0, 0.1) is 17.2 Å². The third-order valence-electron chi connectivity index (χ3n) is 3.54. The number of hydrogen-bond acceptors (Lipinski definition) is 3. The van der Waals surface area contributed by atoms with Crippen molar-refractivity contribution < 1.29 is 0 Å². The highest BCUT2D eigenvalue weighted by Gasteiger charge is 2.27. The molecule has 0 saturated heterocycles. The molecule has 3 nitrogen and oxygen atoms in total. The van der Waals surface area contributed by atoms with Crippen molar-refractivity contribution in [1.29, 1.82) is 5.26 Å². The van der Waals surface area contributed by atoms with Gasteiger partial charge in [0.2, 0.25) is 0 Å². The molecule has 0 aromatic heterocycles. The lowest BCUT2D eigenvalue weighted by Gasteiger charge is -2.29. The largest absolute Gasteiger partial charge is 0.303 e. The van der Waals surface area contributed by atoms with Crippen LogP contribution in [0.2, 0.25) is 0 Å². The Morgan fingerprint density at radius 2 is 2.06 bits per heavy atom. The van der Waals surface area contributed by atoms with Crippen molar-refractivity contribution in [3.63, 3.8) is 0 Å². The van der Waals surface area contributed by atoms with Crippen molar-refractivity contribution in [3.05, 3.63) is 0 Å². The lowest BCUT2D eigenvalue weighted by molar-refractivity contribution is 0.232. The van der Waals surface area contributed by atoms with Crippen molar-refractivity contribution in [2.24, 2.45) is 5.92 Å². The van der Waals surface area contributed by atoms with Gasteiger partial charge in [-0.05, 0) is 58.9 Å². The second kappa shape index (κ2) is 7.11. The van der Waals surface area contributed by atoms with Gasteiger partial charge in [0.15, 0.2) is 0 Å². The monoisotopic (exact) mass is 251 g/mol. The molecule has 104 valence electrons. The Hall–Kier alpha value is -0.590. The molecule has 0 aromatic carbocycles. The zero-order valence-electron chi connectivity index (χ0n) is 12.5. The third kappa shape index (κ3) is 5.84. The van der Waals surface area contributed by atoms with E-state index in [0.29, 0.717) is 6.04 Å². The van der Waals surface area contributed by atoms with Gasteiger partial charge < -0.3 is 4.90 Å². The highest BCUT2D eigenvalue weighted by Crippen LogP contribution is 2.30. The van der Waals surface area contributed by atoms with Gasteiger partial charge in [0.1, 0.15) is 5.54 Å². The third-order valence-corrected chi connectivity index (χ3v) is 3.54. The van der Waals surface area contributed by atoms with E-state index in [1.807, 2.05) is 6.92 Å². The first kappa shape index (κ1) is 15.5. The van der Waals surface area contributed by atoms with Crippen molar-refractivity contribution in [2.75, 3.05) is 19.6 Å². The minimum absolute atomic E-state index is 0.359. The Morgan fingerprint density at radius 1 is 1.39 bits per heavy atom. The fraction of sp³-hybridized carbons (Fsp3) is 0.933. The summed E-state index contributed by atoms with van der Waals surface area (Å²) in [5.41, 5.74) is -0.385. The summed E-state index contributed by atoms with van der Waals surface area (Å²) in [6, 6.07) is 2.80. The molecule has 0 bridgehead atoms. The first-order chi connectivity index (χ1) is 8.49. The predicted molar refractivity (Wildman–Crippen MR) is 76.4 cm³/mol. The molecule has 3 heteroatoms. The van der Waals surface area contributed by atoms with Crippen LogP contribution in [0.4, 0.5) is 0 Å². The molecule has 1 saturated carbocycles. The van der Waals surface area contributed by atoms with E-state index >= 15 is 0 Å². The minimum Gasteiger partial charge on any atom is -0.303 e. The van der Waals surface area contributed by atoms with Gasteiger partial charge in [0.05, 0.1) is 6.07 Å². The average molecular weight is 251 g/mol. The molecule has 1 unspecified atom stereocenters. The Labute approximate surface area is 113 Å². The Bertz CT molecular complexity index is 278. The van der Waals surface area contributed by atoms with Crippen molar-refractivity contribution in [1.82, 2.24) is 10.2 Å². The van der Waals surface area contributed by atoms with Crippen LogP contribution in [0.25, 0.3) is 0 Å². The highest BCUT2D eigenvalue weighted by atomic mass is 15.1. The molecule has 1 aliphatic rings. The second-order valence-electron chi connectivity index (χ2n) is 6.24. The molecular formula is C15H29N3. The van der Waals surface area contributed by atoms with E-state index in [-0.39, 0.29) is 5.54 Å². The molecule has 1 N–H and O–H groups in total. The SMILES string of the molecule is CCCN(CCC(C)(C#N)NC(C)C)CC1CC1. The van der Waals surface area contributed by atoms with Gasteiger partial charge >= 0.3 is 0 Å². The maximum absolute atomic E-state index is 9.34. The minimum atomic E-state index is -0.385. The Balaban J connectivity index is 2.40. The summed E-state index contributed by atoms with van der Waals surface area (Å²) in [6.07, 6.45) is 4.92. The van der Waals surface area contributed by atoms with Gasteiger partial charge in [0.25, 0.3) is 0 Å². The van der Waals surface area contributed by atoms with E-state index < -0.39 is 0 Å². The molecular weight excluding hydrogens is 222 g/mol. The maximum Gasteiger partial charge on any atom is 0.105 e. The number of nitrogens with zero attached hydrogens (tertiary/aromatic N) is 2. The Morgan fingerprint density at radius 3 is 2.50 bits per heavy atom. The molecule has 18 heavy (non-hydrogen) atoms. The first-order valence-electron chi connectivity index (χ1n) is 7.40. The fourth-order valence-electron chi connectivity index (χ4n) is 2.46. The van der Waals surface area contributed by atoms with E-state index in [1.54, 1.807) is 0 Å². The normalized spacial score (nSPS) is 18.9. The van der Waals surface area contributed by atoms with Crippen molar-refractivity contribution >= 4 is 0 Å². The molecule has 0 aliphatic heterocycles.